The zero-order chi connectivity index (χ0) is 11.7. The minimum absolute atomic E-state index is 0. The molecule has 3 aromatic rings. The minimum atomic E-state index is -0.215. The van der Waals surface area contributed by atoms with E-state index in [1.807, 2.05) is 30.3 Å². The average molecular weight is 260 g/mol. The number of halogens is 2. The molecule has 0 N–H and O–H groups in total. The van der Waals surface area contributed by atoms with E-state index in [1.54, 1.807) is 18.3 Å². The second-order valence-electron chi connectivity index (χ2n) is 3.92. The summed E-state index contributed by atoms with van der Waals surface area (Å²) in [4.78, 5) is 4.31. The molecule has 1 aromatic heterocycles. The fraction of sp³-hybridized carbons (Fsp3) is 0. The maximum atomic E-state index is 12.8. The molecule has 0 radical (unpaired) electrons. The second kappa shape index (κ2) is 5.15. The molecule has 90 valence electrons. The summed E-state index contributed by atoms with van der Waals surface area (Å²) in [6.07, 6.45) is 1.77. The standard InChI is InChI=1S/C15H10FN.ClH/c16-14-7-5-11(6-8-14)13-4-3-12-2-1-9-17-15(12)10-13;/h1-10H;1H. The van der Waals surface area contributed by atoms with Crippen LogP contribution in [0.2, 0.25) is 0 Å². The van der Waals surface area contributed by atoms with Gasteiger partial charge in [0, 0.05) is 11.6 Å². The van der Waals surface area contributed by atoms with Crippen LogP contribution in [0.5, 0.6) is 0 Å². The number of nitrogens with zero attached hydrogens (tertiary/aromatic N) is 1. The van der Waals surface area contributed by atoms with Gasteiger partial charge in [0.1, 0.15) is 5.82 Å². The highest BCUT2D eigenvalue weighted by Crippen LogP contribution is 2.23. The second-order valence-corrected chi connectivity index (χ2v) is 3.92. The molecule has 0 aliphatic rings. The topological polar surface area (TPSA) is 12.9 Å². The Morgan fingerprint density at radius 1 is 0.833 bits per heavy atom. The largest absolute Gasteiger partial charge is 0.256 e. The van der Waals surface area contributed by atoms with E-state index in [0.29, 0.717) is 0 Å². The fourth-order valence-corrected chi connectivity index (χ4v) is 1.89. The molecule has 2 aromatic carbocycles. The van der Waals surface area contributed by atoms with Gasteiger partial charge >= 0.3 is 0 Å². The van der Waals surface area contributed by atoms with Gasteiger partial charge in [0.25, 0.3) is 0 Å². The summed E-state index contributed by atoms with van der Waals surface area (Å²) >= 11 is 0. The first-order valence-electron chi connectivity index (χ1n) is 5.44. The third kappa shape index (κ3) is 2.34. The molecule has 0 fully saturated rings. The molecule has 1 heterocycles. The molecule has 0 saturated heterocycles. The maximum Gasteiger partial charge on any atom is 0.123 e. The Labute approximate surface area is 111 Å². The third-order valence-corrected chi connectivity index (χ3v) is 2.78. The number of aromatic nitrogens is 1. The Morgan fingerprint density at radius 3 is 2.33 bits per heavy atom. The van der Waals surface area contributed by atoms with E-state index >= 15 is 0 Å². The Hall–Kier alpha value is -1.93. The van der Waals surface area contributed by atoms with E-state index in [2.05, 4.69) is 4.98 Å². The van der Waals surface area contributed by atoms with Gasteiger partial charge in [-0.25, -0.2) is 4.39 Å². The molecule has 0 spiro atoms. The van der Waals surface area contributed by atoms with Crippen molar-refractivity contribution in [2.75, 3.05) is 0 Å². The molecule has 18 heavy (non-hydrogen) atoms. The number of pyridine rings is 1. The lowest BCUT2D eigenvalue weighted by Gasteiger charge is -2.03. The highest BCUT2D eigenvalue weighted by molar-refractivity contribution is 5.85. The van der Waals surface area contributed by atoms with Crippen molar-refractivity contribution in [2.45, 2.75) is 0 Å². The summed E-state index contributed by atoms with van der Waals surface area (Å²) in [5, 5.41) is 1.11. The van der Waals surface area contributed by atoms with Crippen LogP contribution in [0.3, 0.4) is 0 Å². The monoisotopic (exact) mass is 259 g/mol. The van der Waals surface area contributed by atoms with Gasteiger partial charge in [-0.2, -0.15) is 0 Å². The normalized spacial score (nSPS) is 10.1. The summed E-state index contributed by atoms with van der Waals surface area (Å²) < 4.78 is 12.8. The summed E-state index contributed by atoms with van der Waals surface area (Å²) in [7, 11) is 0. The van der Waals surface area contributed by atoms with Crippen LogP contribution in [0, 0.1) is 5.82 Å². The van der Waals surface area contributed by atoms with Gasteiger partial charge in [-0.1, -0.05) is 30.3 Å². The number of hydrogen-bond acceptors (Lipinski definition) is 1. The van der Waals surface area contributed by atoms with Crippen LogP contribution in [-0.2, 0) is 0 Å². The fourth-order valence-electron chi connectivity index (χ4n) is 1.89. The van der Waals surface area contributed by atoms with Crippen molar-refractivity contribution in [3.63, 3.8) is 0 Å². The Morgan fingerprint density at radius 2 is 1.56 bits per heavy atom. The van der Waals surface area contributed by atoms with Crippen LogP contribution >= 0.6 is 12.4 Å². The molecule has 0 bridgehead atoms. The molecule has 0 saturated carbocycles. The molecule has 0 aliphatic carbocycles. The molecule has 0 aliphatic heterocycles. The SMILES string of the molecule is Cl.Fc1ccc(-c2ccc3cccnc3c2)cc1. The number of rotatable bonds is 1. The summed E-state index contributed by atoms with van der Waals surface area (Å²) in [6, 6.07) is 16.5. The van der Waals surface area contributed by atoms with E-state index < -0.39 is 0 Å². The zero-order valence-electron chi connectivity index (χ0n) is 9.51. The molecule has 1 nitrogen and oxygen atoms in total. The van der Waals surface area contributed by atoms with Gasteiger partial charge in [0.05, 0.1) is 5.52 Å². The highest BCUT2D eigenvalue weighted by atomic mass is 35.5. The van der Waals surface area contributed by atoms with Crippen molar-refractivity contribution >= 4 is 23.3 Å². The lowest BCUT2D eigenvalue weighted by molar-refractivity contribution is 0.628. The number of fused-ring (bicyclic) bond motifs is 1. The molecular weight excluding hydrogens is 249 g/mol. The molecule has 3 rings (SSSR count). The first-order valence-corrected chi connectivity index (χ1v) is 5.44. The lowest BCUT2D eigenvalue weighted by Crippen LogP contribution is -1.82. The first-order chi connectivity index (χ1) is 8.33. The van der Waals surface area contributed by atoms with Gasteiger partial charge < -0.3 is 0 Å². The van der Waals surface area contributed by atoms with Gasteiger partial charge in [-0.3, -0.25) is 4.98 Å². The quantitative estimate of drug-likeness (QED) is 0.629. The highest BCUT2D eigenvalue weighted by Gasteiger charge is 2.00. The van der Waals surface area contributed by atoms with Crippen molar-refractivity contribution in [1.82, 2.24) is 4.98 Å². The van der Waals surface area contributed by atoms with Crippen molar-refractivity contribution < 1.29 is 4.39 Å². The van der Waals surface area contributed by atoms with Crippen LogP contribution < -0.4 is 0 Å². The van der Waals surface area contributed by atoms with Crippen molar-refractivity contribution in [1.29, 1.82) is 0 Å². The third-order valence-electron chi connectivity index (χ3n) is 2.78. The van der Waals surface area contributed by atoms with Crippen LogP contribution in [0.1, 0.15) is 0 Å². The van der Waals surface area contributed by atoms with E-state index in [9.17, 15) is 4.39 Å². The average Bonchev–Trinajstić information content (AvgIpc) is 2.39. The van der Waals surface area contributed by atoms with E-state index in [1.165, 1.54) is 12.1 Å². The van der Waals surface area contributed by atoms with Crippen LogP contribution in [0.4, 0.5) is 4.39 Å². The Kier molecular flexibility index (Phi) is 3.58. The zero-order valence-corrected chi connectivity index (χ0v) is 10.3. The van der Waals surface area contributed by atoms with Gasteiger partial charge in [-0.15, -0.1) is 12.4 Å². The van der Waals surface area contributed by atoms with Crippen molar-refractivity contribution in [2.24, 2.45) is 0 Å². The van der Waals surface area contributed by atoms with Gasteiger partial charge in [0.2, 0.25) is 0 Å². The Bertz CT molecular complexity index is 665. The first kappa shape index (κ1) is 12.5. The minimum Gasteiger partial charge on any atom is -0.256 e. The van der Waals surface area contributed by atoms with Crippen LogP contribution in [0.15, 0.2) is 60.8 Å². The number of hydrogen-bond donors (Lipinski definition) is 0. The maximum absolute atomic E-state index is 12.8. The van der Waals surface area contributed by atoms with Crippen LogP contribution in [0.25, 0.3) is 22.0 Å². The molecule has 3 heteroatoms. The van der Waals surface area contributed by atoms with E-state index in [-0.39, 0.29) is 18.2 Å². The predicted octanol–water partition coefficient (Wildman–Crippen LogP) is 4.46. The summed E-state index contributed by atoms with van der Waals surface area (Å²) in [5.74, 6) is -0.215. The summed E-state index contributed by atoms with van der Waals surface area (Å²) in [5.41, 5.74) is 3.00. The number of benzene rings is 2. The Balaban J connectivity index is 0.00000120. The van der Waals surface area contributed by atoms with E-state index in [0.717, 1.165) is 22.0 Å². The van der Waals surface area contributed by atoms with Gasteiger partial charge in [0.15, 0.2) is 0 Å². The smallest absolute Gasteiger partial charge is 0.123 e. The van der Waals surface area contributed by atoms with Gasteiger partial charge in [-0.05, 0) is 35.4 Å². The van der Waals surface area contributed by atoms with Crippen LogP contribution in [-0.4, -0.2) is 4.98 Å². The summed E-state index contributed by atoms with van der Waals surface area (Å²) in [6.45, 7) is 0. The van der Waals surface area contributed by atoms with Crippen molar-refractivity contribution in [3.05, 3.63) is 66.6 Å². The molecule has 0 amide bonds. The molecular formula is C15H11ClFN. The van der Waals surface area contributed by atoms with Crippen molar-refractivity contribution in [3.8, 4) is 11.1 Å². The van der Waals surface area contributed by atoms with E-state index in [4.69, 9.17) is 0 Å². The molecule has 0 unspecified atom stereocenters. The molecule has 0 atom stereocenters. The predicted molar refractivity (Wildman–Crippen MR) is 74.4 cm³/mol. The lowest BCUT2D eigenvalue weighted by atomic mass is 10.0.